The molecule has 0 saturated carbocycles. The monoisotopic (exact) mass is 281 g/mol. The molecule has 5 heteroatoms. The molecule has 4 nitrogen and oxygen atoms in total. The molecule has 0 N–H and O–H groups in total. The minimum absolute atomic E-state index is 0.0511. The first-order valence-corrected chi connectivity index (χ1v) is 7.14. The average molecular weight is 281 g/mol. The van der Waals surface area contributed by atoms with Gasteiger partial charge in [-0.3, -0.25) is 4.90 Å². The SMILES string of the molecule is Fc1cccc(C2CN(CCC3OCCO3)CCO2)c1. The largest absolute Gasteiger partial charge is 0.371 e. The first kappa shape index (κ1) is 13.9. The second-order valence-electron chi connectivity index (χ2n) is 5.17. The van der Waals surface area contributed by atoms with Crippen LogP contribution in [0.1, 0.15) is 18.1 Å². The van der Waals surface area contributed by atoms with Gasteiger partial charge in [-0.1, -0.05) is 12.1 Å². The number of hydrogen-bond donors (Lipinski definition) is 0. The van der Waals surface area contributed by atoms with Crippen LogP contribution in [0.25, 0.3) is 0 Å². The van der Waals surface area contributed by atoms with Crippen molar-refractivity contribution in [3.63, 3.8) is 0 Å². The van der Waals surface area contributed by atoms with Gasteiger partial charge in [-0.05, 0) is 17.7 Å². The molecule has 20 heavy (non-hydrogen) atoms. The van der Waals surface area contributed by atoms with Gasteiger partial charge in [0.1, 0.15) is 5.82 Å². The van der Waals surface area contributed by atoms with Gasteiger partial charge in [0, 0.05) is 26.1 Å². The Balaban J connectivity index is 1.53. The van der Waals surface area contributed by atoms with Crippen molar-refractivity contribution in [2.45, 2.75) is 18.8 Å². The summed E-state index contributed by atoms with van der Waals surface area (Å²) in [6.07, 6.45) is 0.755. The van der Waals surface area contributed by atoms with E-state index in [1.807, 2.05) is 6.07 Å². The molecule has 3 rings (SSSR count). The van der Waals surface area contributed by atoms with Crippen LogP contribution in [-0.4, -0.2) is 50.6 Å². The van der Waals surface area contributed by atoms with Crippen LogP contribution in [0, 0.1) is 5.82 Å². The van der Waals surface area contributed by atoms with Gasteiger partial charge in [-0.15, -0.1) is 0 Å². The first-order valence-electron chi connectivity index (χ1n) is 7.14. The quantitative estimate of drug-likeness (QED) is 0.844. The van der Waals surface area contributed by atoms with E-state index in [1.54, 1.807) is 12.1 Å². The van der Waals surface area contributed by atoms with E-state index in [4.69, 9.17) is 14.2 Å². The maximum atomic E-state index is 13.3. The fraction of sp³-hybridized carbons (Fsp3) is 0.600. The van der Waals surface area contributed by atoms with Crippen molar-refractivity contribution < 1.29 is 18.6 Å². The maximum absolute atomic E-state index is 13.3. The predicted molar refractivity (Wildman–Crippen MR) is 71.8 cm³/mol. The van der Waals surface area contributed by atoms with Crippen LogP contribution in [0.2, 0.25) is 0 Å². The third-order valence-electron chi connectivity index (χ3n) is 3.74. The average Bonchev–Trinajstić information content (AvgIpc) is 2.99. The van der Waals surface area contributed by atoms with Gasteiger partial charge >= 0.3 is 0 Å². The number of rotatable bonds is 4. The Bertz CT molecular complexity index is 437. The number of hydrogen-bond acceptors (Lipinski definition) is 4. The van der Waals surface area contributed by atoms with Crippen LogP contribution in [0.3, 0.4) is 0 Å². The Kier molecular flexibility index (Phi) is 4.62. The molecule has 2 fully saturated rings. The number of nitrogens with zero attached hydrogens (tertiary/aromatic N) is 1. The lowest BCUT2D eigenvalue weighted by molar-refractivity contribution is -0.0674. The molecule has 2 aliphatic heterocycles. The van der Waals surface area contributed by atoms with Gasteiger partial charge in [-0.2, -0.15) is 0 Å². The topological polar surface area (TPSA) is 30.9 Å². The van der Waals surface area contributed by atoms with Crippen LogP contribution in [0.4, 0.5) is 4.39 Å². The molecule has 2 saturated heterocycles. The number of ether oxygens (including phenoxy) is 3. The lowest BCUT2D eigenvalue weighted by Crippen LogP contribution is -2.39. The normalized spacial score (nSPS) is 25.1. The van der Waals surface area contributed by atoms with Gasteiger partial charge in [0.15, 0.2) is 6.29 Å². The minimum Gasteiger partial charge on any atom is -0.371 e. The molecule has 0 aromatic heterocycles. The van der Waals surface area contributed by atoms with E-state index in [-0.39, 0.29) is 18.2 Å². The second-order valence-corrected chi connectivity index (χ2v) is 5.17. The summed E-state index contributed by atoms with van der Waals surface area (Å²) in [6.45, 7) is 4.67. The molecule has 110 valence electrons. The molecule has 1 aromatic rings. The molecular weight excluding hydrogens is 261 g/mol. The Morgan fingerprint density at radius 3 is 2.80 bits per heavy atom. The molecule has 1 aromatic carbocycles. The molecule has 0 amide bonds. The highest BCUT2D eigenvalue weighted by Gasteiger charge is 2.24. The highest BCUT2D eigenvalue weighted by atomic mass is 19.1. The van der Waals surface area contributed by atoms with Gasteiger partial charge in [0.05, 0.1) is 25.9 Å². The van der Waals surface area contributed by atoms with Crippen molar-refractivity contribution in [1.29, 1.82) is 0 Å². The van der Waals surface area contributed by atoms with E-state index in [1.165, 1.54) is 6.07 Å². The Morgan fingerprint density at radius 1 is 1.15 bits per heavy atom. The fourth-order valence-corrected chi connectivity index (χ4v) is 2.68. The zero-order chi connectivity index (χ0) is 13.8. The predicted octanol–water partition coefficient (Wildman–Crippen LogP) is 1.96. The van der Waals surface area contributed by atoms with Crippen molar-refractivity contribution in [3.05, 3.63) is 35.6 Å². The maximum Gasteiger partial charge on any atom is 0.159 e. The summed E-state index contributed by atoms with van der Waals surface area (Å²) in [5.41, 5.74) is 0.906. The zero-order valence-electron chi connectivity index (χ0n) is 11.5. The summed E-state index contributed by atoms with van der Waals surface area (Å²) in [6, 6.07) is 6.66. The molecule has 0 radical (unpaired) electrons. The van der Waals surface area contributed by atoms with Crippen molar-refractivity contribution in [2.24, 2.45) is 0 Å². The highest BCUT2D eigenvalue weighted by molar-refractivity contribution is 5.19. The molecule has 2 heterocycles. The van der Waals surface area contributed by atoms with E-state index < -0.39 is 0 Å². The first-order chi connectivity index (χ1) is 9.81. The lowest BCUT2D eigenvalue weighted by atomic mass is 10.1. The molecule has 1 atom stereocenters. The molecule has 1 unspecified atom stereocenters. The number of morpholine rings is 1. The van der Waals surface area contributed by atoms with Crippen molar-refractivity contribution >= 4 is 0 Å². The summed E-state index contributed by atoms with van der Waals surface area (Å²) in [7, 11) is 0. The summed E-state index contributed by atoms with van der Waals surface area (Å²) in [4.78, 5) is 2.32. The second kappa shape index (κ2) is 6.63. The van der Waals surface area contributed by atoms with Gasteiger partial charge in [0.25, 0.3) is 0 Å². The van der Waals surface area contributed by atoms with E-state index in [0.29, 0.717) is 19.8 Å². The third-order valence-corrected chi connectivity index (χ3v) is 3.74. The van der Waals surface area contributed by atoms with Crippen LogP contribution in [0.5, 0.6) is 0 Å². The molecule has 2 aliphatic rings. The Morgan fingerprint density at radius 2 is 2.00 bits per heavy atom. The van der Waals surface area contributed by atoms with Crippen molar-refractivity contribution in [1.82, 2.24) is 4.90 Å². The standard InChI is InChI=1S/C15H20FNO3/c16-13-3-1-2-12(10-13)14-11-17(6-7-18-14)5-4-15-19-8-9-20-15/h1-3,10,14-15H,4-9,11H2. The van der Waals surface area contributed by atoms with Crippen molar-refractivity contribution in [3.8, 4) is 0 Å². The molecule has 0 bridgehead atoms. The summed E-state index contributed by atoms with van der Waals surface area (Å²) >= 11 is 0. The molecule has 0 aliphatic carbocycles. The van der Waals surface area contributed by atoms with E-state index in [0.717, 1.165) is 31.6 Å². The van der Waals surface area contributed by atoms with Crippen LogP contribution >= 0.6 is 0 Å². The van der Waals surface area contributed by atoms with Gasteiger partial charge < -0.3 is 14.2 Å². The number of halogens is 1. The summed E-state index contributed by atoms with van der Waals surface area (Å²) in [5, 5.41) is 0. The van der Waals surface area contributed by atoms with Crippen molar-refractivity contribution in [2.75, 3.05) is 39.5 Å². The Hall–Kier alpha value is -1.01. The van der Waals surface area contributed by atoms with Crippen LogP contribution in [0.15, 0.2) is 24.3 Å². The number of benzene rings is 1. The van der Waals surface area contributed by atoms with E-state index in [2.05, 4.69) is 4.90 Å². The molecular formula is C15H20FNO3. The minimum atomic E-state index is -0.212. The Labute approximate surface area is 118 Å². The molecule has 0 spiro atoms. The fourth-order valence-electron chi connectivity index (χ4n) is 2.68. The third kappa shape index (κ3) is 3.55. The summed E-state index contributed by atoms with van der Waals surface area (Å²) in [5.74, 6) is -0.212. The van der Waals surface area contributed by atoms with Gasteiger partial charge in [0.2, 0.25) is 0 Å². The van der Waals surface area contributed by atoms with Crippen LogP contribution in [-0.2, 0) is 14.2 Å². The van der Waals surface area contributed by atoms with Gasteiger partial charge in [-0.25, -0.2) is 4.39 Å². The smallest absolute Gasteiger partial charge is 0.159 e. The highest BCUT2D eigenvalue weighted by Crippen LogP contribution is 2.23. The van der Waals surface area contributed by atoms with E-state index >= 15 is 0 Å². The zero-order valence-corrected chi connectivity index (χ0v) is 11.5. The lowest BCUT2D eigenvalue weighted by Gasteiger charge is -2.33. The van der Waals surface area contributed by atoms with Crippen LogP contribution < -0.4 is 0 Å². The van der Waals surface area contributed by atoms with E-state index in [9.17, 15) is 4.39 Å². The summed E-state index contributed by atoms with van der Waals surface area (Å²) < 4.78 is 29.9.